The highest BCUT2D eigenvalue weighted by Crippen LogP contribution is 2.57. The van der Waals surface area contributed by atoms with Crippen LogP contribution in [0.15, 0.2) is 18.2 Å². The van der Waals surface area contributed by atoms with Crippen LogP contribution in [0.5, 0.6) is 0 Å². The number of amides is 1. The Morgan fingerprint density at radius 2 is 2.39 bits per heavy atom. The van der Waals surface area contributed by atoms with Gasteiger partial charge in [0.25, 0.3) is 5.91 Å². The number of carbonyl (C=O) groups is 1. The number of hydrogen-bond acceptors (Lipinski definition) is 5. The van der Waals surface area contributed by atoms with Gasteiger partial charge in [-0.1, -0.05) is 6.58 Å². The van der Waals surface area contributed by atoms with Crippen LogP contribution in [0.3, 0.4) is 0 Å². The SMILES string of the molecule is C=C(CCCc1c(C(=O)NC2CN3CCC34CCC24)n[nH]c1C)c1nccs1. The molecule has 3 unspecified atom stereocenters. The molecule has 3 aliphatic rings. The van der Waals surface area contributed by atoms with Gasteiger partial charge in [0.15, 0.2) is 5.69 Å². The van der Waals surface area contributed by atoms with E-state index < -0.39 is 0 Å². The topological polar surface area (TPSA) is 73.9 Å². The van der Waals surface area contributed by atoms with Crippen LogP contribution in [0.1, 0.15) is 58.9 Å². The van der Waals surface area contributed by atoms with E-state index in [0.717, 1.165) is 47.6 Å². The molecular weight excluding hydrogens is 370 g/mol. The first kappa shape index (κ1) is 18.1. The van der Waals surface area contributed by atoms with Crippen molar-refractivity contribution in [2.45, 2.75) is 57.0 Å². The molecule has 1 amide bonds. The molecule has 4 heterocycles. The van der Waals surface area contributed by atoms with E-state index in [1.807, 2.05) is 18.5 Å². The lowest BCUT2D eigenvalue weighted by molar-refractivity contribution is -0.0676. The van der Waals surface area contributed by atoms with E-state index in [1.54, 1.807) is 11.3 Å². The highest BCUT2D eigenvalue weighted by molar-refractivity contribution is 7.10. The number of aryl methyl sites for hydroxylation is 1. The number of nitrogens with one attached hydrogen (secondary N) is 2. The Balaban J connectivity index is 1.21. The van der Waals surface area contributed by atoms with Crippen molar-refractivity contribution < 1.29 is 4.79 Å². The van der Waals surface area contributed by atoms with Crippen LogP contribution < -0.4 is 5.32 Å². The van der Waals surface area contributed by atoms with Crippen molar-refractivity contribution in [2.75, 3.05) is 13.1 Å². The fourth-order valence-electron chi connectivity index (χ4n) is 5.43. The van der Waals surface area contributed by atoms with Gasteiger partial charge in [-0.3, -0.25) is 14.8 Å². The zero-order valence-corrected chi connectivity index (χ0v) is 17.1. The number of nitrogens with zero attached hydrogens (tertiary/aromatic N) is 3. The van der Waals surface area contributed by atoms with E-state index in [9.17, 15) is 4.79 Å². The van der Waals surface area contributed by atoms with Gasteiger partial charge in [-0.05, 0) is 56.9 Å². The molecule has 2 saturated heterocycles. The summed E-state index contributed by atoms with van der Waals surface area (Å²) in [5.41, 5.74) is 4.08. The number of aromatic nitrogens is 3. The molecule has 1 aliphatic carbocycles. The molecule has 2 aromatic rings. The highest BCUT2D eigenvalue weighted by atomic mass is 32.1. The summed E-state index contributed by atoms with van der Waals surface area (Å²) in [7, 11) is 0. The predicted molar refractivity (Wildman–Crippen MR) is 110 cm³/mol. The molecule has 1 saturated carbocycles. The molecule has 2 aromatic heterocycles. The molecule has 0 radical (unpaired) electrons. The maximum absolute atomic E-state index is 13.0. The molecule has 1 spiro atoms. The van der Waals surface area contributed by atoms with E-state index in [1.165, 1.54) is 25.8 Å². The van der Waals surface area contributed by atoms with E-state index in [0.29, 0.717) is 17.2 Å². The Hall–Kier alpha value is -1.99. The summed E-state index contributed by atoms with van der Waals surface area (Å²) in [5.74, 6) is 0.614. The summed E-state index contributed by atoms with van der Waals surface area (Å²) in [5, 5.41) is 13.6. The Kier molecular flexibility index (Phi) is 4.39. The Morgan fingerprint density at radius 1 is 1.50 bits per heavy atom. The van der Waals surface area contributed by atoms with Gasteiger partial charge in [-0.2, -0.15) is 5.10 Å². The van der Waals surface area contributed by atoms with Gasteiger partial charge in [0.1, 0.15) is 5.01 Å². The number of H-pyrrole nitrogens is 1. The van der Waals surface area contributed by atoms with Crippen LogP contribution in [0, 0.1) is 12.8 Å². The summed E-state index contributed by atoms with van der Waals surface area (Å²) in [6, 6.07) is 0.276. The Morgan fingerprint density at radius 3 is 3.04 bits per heavy atom. The standard InChI is InChI=1S/C21H27N5OS/c1-13(20-22-9-11-28-20)4-3-5-15-14(2)24-25-18(15)19(27)23-17-12-26-10-8-21(26)7-6-16(17)21/h9,11,16-17H,1,3-8,10,12H2,2H3,(H,23,27)(H,24,25). The predicted octanol–water partition coefficient (Wildman–Crippen LogP) is 3.18. The molecule has 0 bridgehead atoms. The summed E-state index contributed by atoms with van der Waals surface area (Å²) >= 11 is 1.62. The van der Waals surface area contributed by atoms with Gasteiger partial charge in [0.05, 0.1) is 0 Å². The van der Waals surface area contributed by atoms with Gasteiger partial charge in [0, 0.05) is 47.5 Å². The third-order valence-electron chi connectivity index (χ3n) is 7.17. The quantitative estimate of drug-likeness (QED) is 0.753. The van der Waals surface area contributed by atoms with Gasteiger partial charge in [-0.25, -0.2) is 4.98 Å². The second-order valence-electron chi connectivity index (χ2n) is 8.49. The zero-order chi connectivity index (χ0) is 19.3. The monoisotopic (exact) mass is 397 g/mol. The van der Waals surface area contributed by atoms with Crippen LogP contribution in [0.2, 0.25) is 0 Å². The third kappa shape index (κ3) is 2.75. The lowest BCUT2D eigenvalue weighted by Gasteiger charge is -2.58. The normalized spacial score (nSPS) is 28.2. The fraction of sp³-hybridized carbons (Fsp3) is 0.571. The summed E-state index contributed by atoms with van der Waals surface area (Å²) in [4.78, 5) is 19.9. The second-order valence-corrected chi connectivity index (χ2v) is 9.39. The molecule has 5 rings (SSSR count). The van der Waals surface area contributed by atoms with Gasteiger partial charge >= 0.3 is 0 Å². The van der Waals surface area contributed by atoms with Crippen molar-refractivity contribution in [3.63, 3.8) is 0 Å². The van der Waals surface area contributed by atoms with E-state index in [4.69, 9.17) is 0 Å². The maximum Gasteiger partial charge on any atom is 0.272 e. The number of aromatic amines is 1. The Bertz CT molecular complexity index is 900. The summed E-state index contributed by atoms with van der Waals surface area (Å²) in [6.45, 7) is 8.34. The van der Waals surface area contributed by atoms with Gasteiger partial charge in [0.2, 0.25) is 0 Å². The van der Waals surface area contributed by atoms with Crippen molar-refractivity contribution in [1.82, 2.24) is 25.4 Å². The molecule has 0 aromatic carbocycles. The molecule has 7 heteroatoms. The lowest BCUT2D eigenvalue weighted by atomic mass is 9.61. The van der Waals surface area contributed by atoms with Crippen LogP contribution >= 0.6 is 11.3 Å². The van der Waals surface area contributed by atoms with Gasteiger partial charge < -0.3 is 5.32 Å². The van der Waals surface area contributed by atoms with Crippen LogP contribution in [0.25, 0.3) is 5.57 Å². The first-order chi connectivity index (χ1) is 13.6. The minimum atomic E-state index is -0.0207. The zero-order valence-electron chi connectivity index (χ0n) is 16.3. The molecule has 148 valence electrons. The lowest BCUT2D eigenvalue weighted by Crippen LogP contribution is -2.64. The molecule has 3 fully saturated rings. The molecule has 2 aliphatic heterocycles. The van der Waals surface area contributed by atoms with E-state index >= 15 is 0 Å². The molecule has 28 heavy (non-hydrogen) atoms. The van der Waals surface area contributed by atoms with Gasteiger partial charge in [-0.15, -0.1) is 11.3 Å². The molecule has 6 nitrogen and oxygen atoms in total. The number of carbonyl (C=O) groups excluding carboxylic acids is 1. The average molecular weight is 398 g/mol. The third-order valence-corrected chi connectivity index (χ3v) is 8.05. The van der Waals surface area contributed by atoms with Crippen molar-refractivity contribution >= 4 is 22.8 Å². The summed E-state index contributed by atoms with van der Waals surface area (Å²) < 4.78 is 0. The first-order valence-corrected chi connectivity index (χ1v) is 11.1. The van der Waals surface area contributed by atoms with Crippen molar-refractivity contribution in [3.8, 4) is 0 Å². The minimum Gasteiger partial charge on any atom is -0.346 e. The number of allylic oxidation sites excluding steroid dienone is 1. The first-order valence-electron chi connectivity index (χ1n) is 10.3. The molecular formula is C21H27N5OS. The number of rotatable bonds is 7. The smallest absolute Gasteiger partial charge is 0.272 e. The fourth-order valence-corrected chi connectivity index (χ4v) is 6.07. The molecule has 3 atom stereocenters. The van der Waals surface area contributed by atoms with Crippen LogP contribution in [-0.4, -0.2) is 50.7 Å². The molecule has 2 N–H and O–H groups in total. The van der Waals surface area contributed by atoms with Crippen molar-refractivity contribution in [1.29, 1.82) is 0 Å². The summed E-state index contributed by atoms with van der Waals surface area (Å²) in [6.07, 6.45) is 8.29. The average Bonchev–Trinajstić information content (AvgIpc) is 3.30. The minimum absolute atomic E-state index is 0.0207. The van der Waals surface area contributed by atoms with Crippen molar-refractivity contribution in [3.05, 3.63) is 40.1 Å². The maximum atomic E-state index is 13.0. The van der Waals surface area contributed by atoms with Crippen LogP contribution in [0.4, 0.5) is 0 Å². The van der Waals surface area contributed by atoms with Crippen LogP contribution in [-0.2, 0) is 6.42 Å². The second kappa shape index (κ2) is 6.81. The number of thiazole rings is 1. The van der Waals surface area contributed by atoms with E-state index in [2.05, 4.69) is 32.0 Å². The van der Waals surface area contributed by atoms with Crippen molar-refractivity contribution in [2.24, 2.45) is 5.92 Å². The highest BCUT2D eigenvalue weighted by Gasteiger charge is 2.63. The largest absolute Gasteiger partial charge is 0.346 e. The Labute approximate surface area is 169 Å². The number of hydrogen-bond donors (Lipinski definition) is 2. The van der Waals surface area contributed by atoms with E-state index in [-0.39, 0.29) is 11.9 Å².